The normalized spacial score (nSPS) is 10.6. The van der Waals surface area contributed by atoms with E-state index in [0.717, 1.165) is 10.0 Å². The predicted octanol–water partition coefficient (Wildman–Crippen LogP) is 3.43. The molecule has 0 atom stereocenters. The third kappa shape index (κ3) is 3.98. The molecule has 0 aliphatic heterocycles. The van der Waals surface area contributed by atoms with Crippen LogP contribution in [0.3, 0.4) is 0 Å². The zero-order valence-electron chi connectivity index (χ0n) is 11.6. The Morgan fingerprint density at radius 1 is 1.27 bits per heavy atom. The fourth-order valence-corrected chi connectivity index (χ4v) is 2.04. The van der Waals surface area contributed by atoms with Crippen molar-refractivity contribution >= 4 is 33.7 Å². The number of benzene rings is 2. The van der Waals surface area contributed by atoms with Gasteiger partial charge in [0.05, 0.1) is 11.1 Å². The molecule has 1 amide bonds. The lowest BCUT2D eigenvalue weighted by atomic mass is 10.1. The molecule has 7 heteroatoms. The molecule has 0 fully saturated rings. The topological polar surface area (TPSA) is 84.6 Å². The van der Waals surface area contributed by atoms with Crippen LogP contribution < -0.4 is 5.43 Å². The first kappa shape index (κ1) is 15.8. The van der Waals surface area contributed by atoms with Gasteiger partial charge < -0.3 is 0 Å². The molecule has 6 nitrogen and oxygen atoms in total. The number of hydrogen-bond donors (Lipinski definition) is 1. The van der Waals surface area contributed by atoms with Gasteiger partial charge >= 0.3 is 0 Å². The third-order valence-electron chi connectivity index (χ3n) is 2.91. The molecule has 2 rings (SSSR count). The molecule has 0 aliphatic rings. The van der Waals surface area contributed by atoms with Gasteiger partial charge in [-0.1, -0.05) is 28.1 Å². The molecule has 0 unspecified atom stereocenters. The van der Waals surface area contributed by atoms with Gasteiger partial charge in [-0.05, 0) is 36.8 Å². The highest BCUT2D eigenvalue weighted by atomic mass is 79.9. The van der Waals surface area contributed by atoms with Crippen molar-refractivity contribution in [1.82, 2.24) is 5.43 Å². The molecule has 0 aliphatic carbocycles. The van der Waals surface area contributed by atoms with E-state index in [0.29, 0.717) is 11.1 Å². The number of hydrazone groups is 1. The first-order valence-electron chi connectivity index (χ1n) is 6.31. The lowest BCUT2D eigenvalue weighted by Crippen LogP contribution is -2.17. The van der Waals surface area contributed by atoms with Crippen LogP contribution in [0.15, 0.2) is 52.0 Å². The van der Waals surface area contributed by atoms with Gasteiger partial charge in [0.2, 0.25) is 0 Å². The summed E-state index contributed by atoms with van der Waals surface area (Å²) >= 11 is 3.33. The van der Waals surface area contributed by atoms with Gasteiger partial charge in [-0.15, -0.1) is 0 Å². The van der Waals surface area contributed by atoms with Crippen molar-refractivity contribution in [2.45, 2.75) is 6.92 Å². The molecule has 2 aromatic rings. The van der Waals surface area contributed by atoms with Crippen LogP contribution in [0.4, 0.5) is 5.69 Å². The number of nitro benzene ring substituents is 1. The summed E-state index contributed by atoms with van der Waals surface area (Å²) in [6.07, 6.45) is 1.52. The van der Waals surface area contributed by atoms with Crippen molar-refractivity contribution in [2.75, 3.05) is 0 Å². The molecule has 22 heavy (non-hydrogen) atoms. The maximum atomic E-state index is 11.9. The van der Waals surface area contributed by atoms with Gasteiger partial charge in [0.25, 0.3) is 11.6 Å². The highest BCUT2D eigenvalue weighted by Crippen LogP contribution is 2.18. The molecular weight excluding hydrogens is 350 g/mol. The molecule has 0 spiro atoms. The number of carbonyl (C=O) groups is 1. The van der Waals surface area contributed by atoms with Gasteiger partial charge in [-0.3, -0.25) is 14.9 Å². The van der Waals surface area contributed by atoms with E-state index >= 15 is 0 Å². The summed E-state index contributed by atoms with van der Waals surface area (Å²) < 4.78 is 0.954. The number of aryl methyl sites for hydroxylation is 1. The van der Waals surface area contributed by atoms with Crippen molar-refractivity contribution in [3.05, 3.63) is 73.7 Å². The molecule has 0 bridgehead atoms. The highest BCUT2D eigenvalue weighted by Gasteiger charge is 2.13. The minimum Gasteiger partial charge on any atom is -0.267 e. The van der Waals surface area contributed by atoms with Crippen molar-refractivity contribution in [1.29, 1.82) is 0 Å². The van der Waals surface area contributed by atoms with E-state index in [-0.39, 0.29) is 5.69 Å². The Hall–Kier alpha value is -2.54. The Kier molecular flexibility index (Phi) is 5.00. The van der Waals surface area contributed by atoms with Crippen molar-refractivity contribution in [3.63, 3.8) is 0 Å². The SMILES string of the molecule is Cc1cc(C(=O)NN=Cc2ccc(Br)cc2)ccc1[N+](=O)[O-]. The van der Waals surface area contributed by atoms with Crippen molar-refractivity contribution in [3.8, 4) is 0 Å². The van der Waals surface area contributed by atoms with Crippen LogP contribution in [0.25, 0.3) is 0 Å². The van der Waals surface area contributed by atoms with E-state index in [9.17, 15) is 14.9 Å². The first-order valence-corrected chi connectivity index (χ1v) is 7.10. The van der Waals surface area contributed by atoms with Crippen LogP contribution in [0.5, 0.6) is 0 Å². The lowest BCUT2D eigenvalue weighted by Gasteiger charge is -2.02. The van der Waals surface area contributed by atoms with E-state index in [4.69, 9.17) is 0 Å². The zero-order valence-corrected chi connectivity index (χ0v) is 13.2. The molecule has 112 valence electrons. The van der Waals surface area contributed by atoms with Crippen molar-refractivity contribution in [2.24, 2.45) is 5.10 Å². The lowest BCUT2D eigenvalue weighted by molar-refractivity contribution is -0.385. The second-order valence-corrected chi connectivity index (χ2v) is 5.42. The molecular formula is C15H12BrN3O3. The summed E-state index contributed by atoms with van der Waals surface area (Å²) in [7, 11) is 0. The Balaban J connectivity index is 2.04. The minimum atomic E-state index is -0.483. The molecule has 0 radical (unpaired) electrons. The predicted molar refractivity (Wildman–Crippen MR) is 87.0 cm³/mol. The summed E-state index contributed by atoms with van der Waals surface area (Å²) in [6, 6.07) is 11.6. The van der Waals surface area contributed by atoms with Gasteiger partial charge in [0.15, 0.2) is 0 Å². The molecule has 0 saturated heterocycles. The Morgan fingerprint density at radius 2 is 1.95 bits per heavy atom. The summed E-state index contributed by atoms with van der Waals surface area (Å²) in [5, 5.41) is 14.6. The molecule has 2 aromatic carbocycles. The number of carbonyl (C=O) groups excluding carboxylic acids is 1. The van der Waals surface area contributed by atoms with Crippen LogP contribution >= 0.6 is 15.9 Å². The monoisotopic (exact) mass is 361 g/mol. The van der Waals surface area contributed by atoms with Gasteiger partial charge in [0.1, 0.15) is 0 Å². The third-order valence-corrected chi connectivity index (χ3v) is 3.43. The Labute approximate surface area is 135 Å². The standard InChI is InChI=1S/C15H12BrN3O3/c1-10-8-12(4-7-14(10)19(21)22)15(20)18-17-9-11-2-5-13(16)6-3-11/h2-9H,1H3,(H,18,20). The average molecular weight is 362 g/mol. The number of nitro groups is 1. The molecule has 0 aromatic heterocycles. The number of halogens is 1. The summed E-state index contributed by atoms with van der Waals surface area (Å²) in [5.74, 6) is -0.425. The number of hydrogen-bond acceptors (Lipinski definition) is 4. The van der Waals surface area contributed by atoms with Gasteiger partial charge in [-0.25, -0.2) is 5.43 Å². The number of nitrogens with one attached hydrogen (secondary N) is 1. The number of amides is 1. The van der Waals surface area contributed by atoms with Crippen molar-refractivity contribution < 1.29 is 9.72 Å². The summed E-state index contributed by atoms with van der Waals surface area (Å²) in [5.41, 5.74) is 3.95. The smallest absolute Gasteiger partial charge is 0.267 e. The van der Waals surface area contributed by atoms with Crippen LogP contribution in [0.1, 0.15) is 21.5 Å². The average Bonchev–Trinajstić information content (AvgIpc) is 2.48. The fraction of sp³-hybridized carbons (Fsp3) is 0.0667. The van der Waals surface area contributed by atoms with E-state index in [1.165, 1.54) is 24.4 Å². The Bertz CT molecular complexity index is 742. The maximum Gasteiger partial charge on any atom is 0.272 e. The number of nitrogens with zero attached hydrogens (tertiary/aromatic N) is 2. The second-order valence-electron chi connectivity index (χ2n) is 4.51. The van der Waals surface area contributed by atoms with Crippen LogP contribution in [-0.2, 0) is 0 Å². The van der Waals surface area contributed by atoms with Crippen LogP contribution in [0, 0.1) is 17.0 Å². The maximum absolute atomic E-state index is 11.9. The van der Waals surface area contributed by atoms with E-state index < -0.39 is 10.8 Å². The zero-order chi connectivity index (χ0) is 16.1. The molecule has 0 heterocycles. The van der Waals surface area contributed by atoms with Gasteiger partial charge in [-0.2, -0.15) is 5.10 Å². The minimum absolute atomic E-state index is 0.0186. The first-order chi connectivity index (χ1) is 10.5. The van der Waals surface area contributed by atoms with Gasteiger partial charge in [0, 0.05) is 21.7 Å². The quantitative estimate of drug-likeness (QED) is 0.514. The van der Waals surface area contributed by atoms with Crippen LogP contribution in [-0.4, -0.2) is 17.0 Å². The number of rotatable bonds is 4. The molecule has 1 N–H and O–H groups in total. The Morgan fingerprint density at radius 3 is 2.55 bits per heavy atom. The fourth-order valence-electron chi connectivity index (χ4n) is 1.78. The summed E-state index contributed by atoms with van der Waals surface area (Å²) in [4.78, 5) is 22.2. The van der Waals surface area contributed by atoms with E-state index in [1.54, 1.807) is 6.92 Å². The van der Waals surface area contributed by atoms with E-state index in [1.807, 2.05) is 24.3 Å². The van der Waals surface area contributed by atoms with E-state index in [2.05, 4.69) is 26.5 Å². The highest BCUT2D eigenvalue weighted by molar-refractivity contribution is 9.10. The molecule has 0 saturated carbocycles. The summed E-state index contributed by atoms with van der Waals surface area (Å²) in [6.45, 7) is 1.58. The van der Waals surface area contributed by atoms with Crippen LogP contribution in [0.2, 0.25) is 0 Å². The second kappa shape index (κ2) is 6.95. The largest absolute Gasteiger partial charge is 0.272 e.